The molecular formula is C19H22N3O2+. The second-order valence-corrected chi connectivity index (χ2v) is 5.78. The number of anilines is 1. The van der Waals surface area contributed by atoms with Gasteiger partial charge in [-0.25, -0.2) is 0 Å². The van der Waals surface area contributed by atoms with Crippen molar-refractivity contribution in [1.82, 2.24) is 0 Å². The Labute approximate surface area is 142 Å². The van der Waals surface area contributed by atoms with Crippen LogP contribution in [0.2, 0.25) is 0 Å². The lowest BCUT2D eigenvalue weighted by Gasteiger charge is -2.21. The van der Waals surface area contributed by atoms with E-state index in [2.05, 4.69) is 11.4 Å². The molecule has 0 aliphatic carbocycles. The average Bonchev–Trinajstić information content (AvgIpc) is 2.61. The first-order chi connectivity index (χ1) is 11.5. The Balaban J connectivity index is 1.99. The first-order valence-electron chi connectivity index (χ1n) is 7.79. The van der Waals surface area contributed by atoms with Crippen molar-refractivity contribution in [3.8, 4) is 11.8 Å². The topological polar surface area (TPSA) is 66.6 Å². The van der Waals surface area contributed by atoms with Gasteiger partial charge in [-0.3, -0.25) is 4.79 Å². The Kier molecular flexibility index (Phi) is 5.94. The molecule has 24 heavy (non-hydrogen) atoms. The first-order valence-corrected chi connectivity index (χ1v) is 7.79. The number of carbonyl (C=O) groups excluding carboxylic acids is 1. The quantitative estimate of drug-likeness (QED) is 0.848. The standard InChI is InChI=1S/C19H21N3O2/c1-14(19(23)21-17-8-4-6-15(10-17)12-20)22(2)13-16-7-5-9-18(11-16)24-3/h4-11,14H,13H2,1-3H3,(H,21,23)/p+1/t14-/m0/s1. The van der Waals surface area contributed by atoms with Crippen molar-refractivity contribution < 1.29 is 14.4 Å². The van der Waals surface area contributed by atoms with Gasteiger partial charge in [0.1, 0.15) is 12.3 Å². The van der Waals surface area contributed by atoms with Crippen LogP contribution in [-0.4, -0.2) is 26.1 Å². The minimum Gasteiger partial charge on any atom is -0.497 e. The number of hydrogen-bond acceptors (Lipinski definition) is 3. The van der Waals surface area contributed by atoms with Gasteiger partial charge >= 0.3 is 0 Å². The van der Waals surface area contributed by atoms with Gasteiger partial charge in [0, 0.05) is 11.3 Å². The summed E-state index contributed by atoms with van der Waals surface area (Å²) in [5, 5.41) is 11.8. The number of rotatable bonds is 6. The number of methoxy groups -OCH3 is 1. The second-order valence-electron chi connectivity index (χ2n) is 5.78. The fraction of sp³-hybridized carbons (Fsp3) is 0.263. The predicted octanol–water partition coefficient (Wildman–Crippen LogP) is 1.61. The van der Waals surface area contributed by atoms with Crippen LogP contribution in [0.3, 0.4) is 0 Å². The van der Waals surface area contributed by atoms with Crippen LogP contribution < -0.4 is 15.0 Å². The molecule has 0 aliphatic rings. The number of nitrogens with one attached hydrogen (secondary N) is 2. The van der Waals surface area contributed by atoms with Crippen LogP contribution in [0.5, 0.6) is 5.75 Å². The van der Waals surface area contributed by atoms with E-state index >= 15 is 0 Å². The van der Waals surface area contributed by atoms with Gasteiger partial charge in [-0.2, -0.15) is 5.26 Å². The summed E-state index contributed by atoms with van der Waals surface area (Å²) < 4.78 is 5.23. The van der Waals surface area contributed by atoms with Gasteiger partial charge in [-0.15, -0.1) is 0 Å². The van der Waals surface area contributed by atoms with Gasteiger partial charge in [-0.05, 0) is 37.3 Å². The number of quaternary nitrogens is 1. The van der Waals surface area contributed by atoms with Gasteiger partial charge in [0.25, 0.3) is 5.91 Å². The molecule has 2 N–H and O–H groups in total. The Bertz CT molecular complexity index is 752. The van der Waals surface area contributed by atoms with Crippen molar-refractivity contribution in [3.05, 3.63) is 59.7 Å². The van der Waals surface area contributed by atoms with Crippen LogP contribution in [0.25, 0.3) is 0 Å². The van der Waals surface area contributed by atoms with Crippen molar-refractivity contribution in [2.45, 2.75) is 19.5 Å². The number of nitriles is 1. The molecule has 0 bridgehead atoms. The predicted molar refractivity (Wildman–Crippen MR) is 92.8 cm³/mol. The minimum atomic E-state index is -0.234. The van der Waals surface area contributed by atoms with Crippen LogP contribution >= 0.6 is 0 Å². The molecule has 124 valence electrons. The Hall–Kier alpha value is -2.84. The molecule has 0 radical (unpaired) electrons. The molecule has 0 saturated carbocycles. The second kappa shape index (κ2) is 8.14. The highest BCUT2D eigenvalue weighted by Gasteiger charge is 2.22. The minimum absolute atomic E-state index is 0.0783. The number of likely N-dealkylation sites (N-methyl/N-ethyl adjacent to an activating group) is 1. The lowest BCUT2D eigenvalue weighted by atomic mass is 10.1. The zero-order valence-electron chi connectivity index (χ0n) is 14.2. The molecule has 5 nitrogen and oxygen atoms in total. The van der Waals surface area contributed by atoms with Crippen LogP contribution in [0.4, 0.5) is 5.69 Å². The number of carbonyl (C=O) groups is 1. The average molecular weight is 324 g/mol. The molecule has 0 heterocycles. The SMILES string of the molecule is COc1cccc(C[NH+](C)[C@@H](C)C(=O)Nc2cccc(C#N)c2)c1. The first kappa shape index (κ1) is 17.5. The van der Waals surface area contributed by atoms with Gasteiger partial charge in [0.2, 0.25) is 0 Å². The Morgan fingerprint density at radius 1 is 1.29 bits per heavy atom. The van der Waals surface area contributed by atoms with Crippen LogP contribution in [0.1, 0.15) is 18.1 Å². The van der Waals surface area contributed by atoms with E-state index in [4.69, 9.17) is 10.00 Å². The molecule has 2 atom stereocenters. The van der Waals surface area contributed by atoms with E-state index in [0.717, 1.165) is 16.2 Å². The maximum Gasteiger partial charge on any atom is 0.282 e. The lowest BCUT2D eigenvalue weighted by molar-refractivity contribution is -0.907. The van der Waals surface area contributed by atoms with Crippen molar-refractivity contribution in [2.24, 2.45) is 0 Å². The summed E-state index contributed by atoms with van der Waals surface area (Å²) in [6, 6.07) is 16.6. The number of hydrogen-bond donors (Lipinski definition) is 2. The van der Waals surface area contributed by atoms with E-state index in [1.807, 2.05) is 38.2 Å². The van der Waals surface area contributed by atoms with Crippen molar-refractivity contribution in [2.75, 3.05) is 19.5 Å². The van der Waals surface area contributed by atoms with E-state index < -0.39 is 0 Å². The molecule has 2 aromatic carbocycles. The number of nitrogens with zero attached hydrogens (tertiary/aromatic N) is 1. The molecule has 1 unspecified atom stereocenters. The van der Waals surface area contributed by atoms with Crippen LogP contribution in [0, 0.1) is 11.3 Å². The van der Waals surface area contributed by atoms with Crippen molar-refractivity contribution in [3.63, 3.8) is 0 Å². The molecule has 1 amide bonds. The number of amides is 1. The monoisotopic (exact) mass is 324 g/mol. The zero-order chi connectivity index (χ0) is 17.5. The maximum absolute atomic E-state index is 12.4. The van der Waals surface area contributed by atoms with Gasteiger partial charge in [0.05, 0.1) is 25.8 Å². The lowest BCUT2D eigenvalue weighted by Crippen LogP contribution is -3.12. The summed E-state index contributed by atoms with van der Waals surface area (Å²) in [6.07, 6.45) is 0. The van der Waals surface area contributed by atoms with Crippen LogP contribution in [-0.2, 0) is 11.3 Å². The third-order valence-corrected chi connectivity index (χ3v) is 4.01. The highest BCUT2D eigenvalue weighted by atomic mass is 16.5. The third-order valence-electron chi connectivity index (χ3n) is 4.01. The molecule has 0 spiro atoms. The van der Waals surface area contributed by atoms with E-state index in [1.165, 1.54) is 0 Å². The van der Waals surface area contributed by atoms with E-state index in [9.17, 15) is 4.79 Å². The molecule has 0 aliphatic heterocycles. The summed E-state index contributed by atoms with van der Waals surface area (Å²) in [6.45, 7) is 2.60. The van der Waals surface area contributed by atoms with E-state index in [-0.39, 0.29) is 11.9 Å². The largest absolute Gasteiger partial charge is 0.497 e. The van der Waals surface area contributed by atoms with E-state index in [1.54, 1.807) is 31.4 Å². The van der Waals surface area contributed by atoms with Crippen LogP contribution in [0.15, 0.2) is 48.5 Å². The molecule has 2 aromatic rings. The van der Waals surface area contributed by atoms with Gasteiger partial charge < -0.3 is 15.0 Å². The summed E-state index contributed by atoms with van der Waals surface area (Å²) in [5.74, 6) is 0.733. The molecule has 0 saturated heterocycles. The van der Waals surface area contributed by atoms with Gasteiger partial charge in [-0.1, -0.05) is 18.2 Å². The summed E-state index contributed by atoms with van der Waals surface area (Å²) in [5.41, 5.74) is 2.27. The fourth-order valence-corrected chi connectivity index (χ4v) is 2.40. The Morgan fingerprint density at radius 3 is 2.75 bits per heavy atom. The maximum atomic E-state index is 12.4. The number of benzene rings is 2. The number of ether oxygens (including phenoxy) is 1. The fourth-order valence-electron chi connectivity index (χ4n) is 2.40. The molecule has 0 fully saturated rings. The third kappa shape index (κ3) is 4.58. The van der Waals surface area contributed by atoms with Gasteiger partial charge in [0.15, 0.2) is 6.04 Å². The normalized spacial score (nSPS) is 12.8. The molecule has 5 heteroatoms. The smallest absolute Gasteiger partial charge is 0.282 e. The van der Waals surface area contributed by atoms with Crippen molar-refractivity contribution >= 4 is 11.6 Å². The summed E-state index contributed by atoms with van der Waals surface area (Å²) in [7, 11) is 3.62. The highest BCUT2D eigenvalue weighted by molar-refractivity contribution is 5.93. The summed E-state index contributed by atoms with van der Waals surface area (Å²) >= 11 is 0. The Morgan fingerprint density at radius 2 is 2.04 bits per heavy atom. The highest BCUT2D eigenvalue weighted by Crippen LogP contribution is 2.12. The zero-order valence-corrected chi connectivity index (χ0v) is 14.2. The van der Waals surface area contributed by atoms with Crippen molar-refractivity contribution in [1.29, 1.82) is 5.26 Å². The molecule has 0 aromatic heterocycles. The molecular weight excluding hydrogens is 302 g/mol. The van der Waals surface area contributed by atoms with E-state index in [0.29, 0.717) is 17.8 Å². The summed E-state index contributed by atoms with van der Waals surface area (Å²) in [4.78, 5) is 13.5. The molecule has 2 rings (SSSR count).